The molecular weight excluding hydrogens is 357 g/mol. The number of benzene rings is 2. The lowest BCUT2D eigenvalue weighted by molar-refractivity contribution is 1.52. The van der Waals surface area contributed by atoms with E-state index in [2.05, 4.69) is 28.7 Å². The third kappa shape index (κ3) is 2.92. The molecule has 0 unspecified atom stereocenters. The van der Waals surface area contributed by atoms with E-state index in [1.165, 1.54) is 0 Å². The zero-order chi connectivity index (χ0) is 13.0. The SMILES string of the molecule is N#CC(=C(Cl)c1cccc(I)c1)c1ccccc1. The fourth-order valence-corrected chi connectivity index (χ4v) is 2.43. The molecule has 2 aromatic carbocycles. The van der Waals surface area contributed by atoms with Crippen LogP contribution in [0, 0.1) is 14.9 Å². The topological polar surface area (TPSA) is 23.8 Å². The predicted octanol–water partition coefficient (Wildman–Crippen LogP) is 4.92. The Hall–Kier alpha value is -1.31. The average molecular weight is 366 g/mol. The van der Waals surface area contributed by atoms with E-state index in [0.29, 0.717) is 10.6 Å². The van der Waals surface area contributed by atoms with Gasteiger partial charge < -0.3 is 0 Å². The van der Waals surface area contributed by atoms with Crippen LogP contribution in [0.4, 0.5) is 0 Å². The number of rotatable bonds is 2. The van der Waals surface area contributed by atoms with E-state index in [1.807, 2.05) is 54.6 Å². The summed E-state index contributed by atoms with van der Waals surface area (Å²) in [5.41, 5.74) is 2.20. The first kappa shape index (κ1) is 13.1. The molecule has 0 saturated carbocycles. The van der Waals surface area contributed by atoms with Crippen LogP contribution in [0.3, 0.4) is 0 Å². The Morgan fingerprint density at radius 1 is 1.00 bits per heavy atom. The largest absolute Gasteiger partial charge is 0.192 e. The molecule has 0 aromatic heterocycles. The number of allylic oxidation sites excluding steroid dienone is 1. The quantitative estimate of drug-likeness (QED) is 0.421. The lowest BCUT2D eigenvalue weighted by Gasteiger charge is -2.05. The fraction of sp³-hybridized carbons (Fsp3) is 0. The minimum absolute atomic E-state index is 0.488. The zero-order valence-electron chi connectivity index (χ0n) is 9.40. The van der Waals surface area contributed by atoms with Crippen molar-refractivity contribution in [3.8, 4) is 6.07 Å². The maximum absolute atomic E-state index is 9.29. The first-order valence-electron chi connectivity index (χ1n) is 5.33. The Balaban J connectivity index is 2.55. The van der Waals surface area contributed by atoms with Gasteiger partial charge in [0.05, 0.1) is 10.6 Å². The van der Waals surface area contributed by atoms with Crippen molar-refractivity contribution in [2.24, 2.45) is 0 Å². The summed E-state index contributed by atoms with van der Waals surface area (Å²) in [6.07, 6.45) is 0. The molecule has 0 aliphatic heterocycles. The van der Waals surface area contributed by atoms with Gasteiger partial charge in [-0.3, -0.25) is 0 Å². The van der Waals surface area contributed by atoms with Gasteiger partial charge in [0.15, 0.2) is 0 Å². The number of nitrogens with zero attached hydrogens (tertiary/aromatic N) is 1. The summed E-state index contributed by atoms with van der Waals surface area (Å²) in [5, 5.41) is 9.77. The molecule has 0 spiro atoms. The van der Waals surface area contributed by atoms with Gasteiger partial charge in [0.25, 0.3) is 0 Å². The normalized spacial score (nSPS) is 11.6. The lowest BCUT2D eigenvalue weighted by atomic mass is 10.0. The van der Waals surface area contributed by atoms with E-state index in [4.69, 9.17) is 11.6 Å². The molecule has 2 aromatic rings. The molecule has 1 nitrogen and oxygen atoms in total. The monoisotopic (exact) mass is 365 g/mol. The summed E-state index contributed by atoms with van der Waals surface area (Å²) >= 11 is 8.56. The van der Waals surface area contributed by atoms with E-state index in [9.17, 15) is 5.26 Å². The standard InChI is InChI=1S/C15H9ClIN/c16-15(12-7-4-8-13(17)9-12)14(10-18)11-5-2-1-3-6-11/h1-9H. The van der Waals surface area contributed by atoms with Gasteiger partial charge in [-0.15, -0.1) is 0 Å². The molecular formula is C15H9ClIN. The lowest BCUT2D eigenvalue weighted by Crippen LogP contribution is -1.86. The van der Waals surface area contributed by atoms with Crippen molar-refractivity contribution in [2.75, 3.05) is 0 Å². The smallest absolute Gasteiger partial charge is 0.101 e. The molecule has 0 aliphatic carbocycles. The van der Waals surface area contributed by atoms with Crippen molar-refractivity contribution in [3.63, 3.8) is 0 Å². The van der Waals surface area contributed by atoms with Crippen molar-refractivity contribution >= 4 is 44.8 Å². The molecule has 0 bridgehead atoms. The highest BCUT2D eigenvalue weighted by molar-refractivity contribution is 14.1. The molecule has 0 radical (unpaired) electrons. The second-order valence-corrected chi connectivity index (χ2v) is 5.30. The Labute approximate surface area is 125 Å². The fourth-order valence-electron chi connectivity index (χ4n) is 1.61. The molecule has 0 saturated heterocycles. The Morgan fingerprint density at radius 3 is 2.28 bits per heavy atom. The summed E-state index contributed by atoms with van der Waals surface area (Å²) in [4.78, 5) is 0. The van der Waals surface area contributed by atoms with Crippen molar-refractivity contribution < 1.29 is 0 Å². The van der Waals surface area contributed by atoms with Gasteiger partial charge in [-0.25, -0.2) is 0 Å². The summed E-state index contributed by atoms with van der Waals surface area (Å²) in [5.74, 6) is 0. The van der Waals surface area contributed by atoms with Crippen LogP contribution in [0.2, 0.25) is 0 Å². The maximum Gasteiger partial charge on any atom is 0.101 e. The van der Waals surface area contributed by atoms with Crippen LogP contribution in [-0.4, -0.2) is 0 Å². The number of hydrogen-bond donors (Lipinski definition) is 0. The first-order valence-corrected chi connectivity index (χ1v) is 6.79. The molecule has 0 atom stereocenters. The highest BCUT2D eigenvalue weighted by atomic mass is 127. The molecule has 0 fully saturated rings. The van der Waals surface area contributed by atoms with Crippen LogP contribution < -0.4 is 0 Å². The van der Waals surface area contributed by atoms with Gasteiger partial charge in [-0.05, 0) is 45.9 Å². The summed E-state index contributed by atoms with van der Waals surface area (Å²) in [7, 11) is 0. The molecule has 0 amide bonds. The van der Waals surface area contributed by atoms with Crippen LogP contribution in [0.25, 0.3) is 10.6 Å². The van der Waals surface area contributed by atoms with Gasteiger partial charge in [-0.2, -0.15) is 5.26 Å². The molecule has 18 heavy (non-hydrogen) atoms. The van der Waals surface area contributed by atoms with Crippen molar-refractivity contribution in [1.82, 2.24) is 0 Å². The van der Waals surface area contributed by atoms with Crippen LogP contribution in [0.5, 0.6) is 0 Å². The third-order valence-corrected chi connectivity index (χ3v) is 3.55. The summed E-state index contributed by atoms with van der Waals surface area (Å²) in [6, 6.07) is 19.4. The molecule has 3 heteroatoms. The molecule has 0 aliphatic rings. The Bertz CT molecular complexity index is 626. The second kappa shape index (κ2) is 6.03. The molecule has 0 heterocycles. The van der Waals surface area contributed by atoms with E-state index in [0.717, 1.165) is 14.7 Å². The number of halogens is 2. The van der Waals surface area contributed by atoms with Gasteiger partial charge in [-0.1, -0.05) is 54.1 Å². The Morgan fingerprint density at radius 2 is 1.67 bits per heavy atom. The Kier molecular flexibility index (Phi) is 4.40. The number of nitriles is 1. The molecule has 0 N–H and O–H groups in total. The van der Waals surface area contributed by atoms with E-state index in [-0.39, 0.29) is 0 Å². The van der Waals surface area contributed by atoms with Crippen molar-refractivity contribution in [1.29, 1.82) is 5.26 Å². The summed E-state index contributed by atoms with van der Waals surface area (Å²) in [6.45, 7) is 0. The predicted molar refractivity (Wildman–Crippen MR) is 83.9 cm³/mol. The van der Waals surface area contributed by atoms with Gasteiger partial charge in [0.2, 0.25) is 0 Å². The van der Waals surface area contributed by atoms with Gasteiger partial charge in [0.1, 0.15) is 6.07 Å². The van der Waals surface area contributed by atoms with E-state index < -0.39 is 0 Å². The zero-order valence-corrected chi connectivity index (χ0v) is 12.3. The minimum Gasteiger partial charge on any atom is -0.192 e. The highest BCUT2D eigenvalue weighted by Crippen LogP contribution is 2.29. The van der Waals surface area contributed by atoms with Gasteiger partial charge in [0, 0.05) is 3.57 Å². The molecule has 2 rings (SSSR count). The minimum atomic E-state index is 0.488. The second-order valence-electron chi connectivity index (χ2n) is 3.68. The first-order chi connectivity index (χ1) is 8.72. The van der Waals surface area contributed by atoms with E-state index >= 15 is 0 Å². The molecule has 88 valence electrons. The van der Waals surface area contributed by atoms with Crippen molar-refractivity contribution in [3.05, 3.63) is 69.3 Å². The number of hydrogen-bond acceptors (Lipinski definition) is 1. The van der Waals surface area contributed by atoms with Crippen LogP contribution in [-0.2, 0) is 0 Å². The third-order valence-electron chi connectivity index (χ3n) is 2.47. The van der Waals surface area contributed by atoms with Crippen LogP contribution in [0.15, 0.2) is 54.6 Å². The van der Waals surface area contributed by atoms with E-state index in [1.54, 1.807) is 0 Å². The average Bonchev–Trinajstić information content (AvgIpc) is 2.41. The maximum atomic E-state index is 9.29. The van der Waals surface area contributed by atoms with Crippen LogP contribution in [0.1, 0.15) is 11.1 Å². The van der Waals surface area contributed by atoms with Crippen molar-refractivity contribution in [2.45, 2.75) is 0 Å². The summed E-state index contributed by atoms with van der Waals surface area (Å²) < 4.78 is 1.09. The van der Waals surface area contributed by atoms with Gasteiger partial charge >= 0.3 is 0 Å². The highest BCUT2D eigenvalue weighted by Gasteiger charge is 2.09. The van der Waals surface area contributed by atoms with Crippen LogP contribution >= 0.6 is 34.2 Å².